The molecule has 0 heterocycles. The number of hydrogen-bond donors (Lipinski definition) is 4. The second kappa shape index (κ2) is 5.08. The predicted molar refractivity (Wildman–Crippen MR) is 42.4 cm³/mol. The van der Waals surface area contributed by atoms with E-state index in [1.165, 1.54) is 0 Å². The van der Waals surface area contributed by atoms with E-state index in [9.17, 15) is 9.90 Å². The molecule has 0 spiro atoms. The molecular formula is C7H15NO4. The van der Waals surface area contributed by atoms with E-state index in [1.807, 2.05) is 0 Å². The number of hydrogen-bond acceptors (Lipinski definition) is 4. The molecule has 0 aliphatic carbocycles. The van der Waals surface area contributed by atoms with Crippen LogP contribution >= 0.6 is 0 Å². The van der Waals surface area contributed by atoms with E-state index in [2.05, 4.69) is 5.32 Å². The van der Waals surface area contributed by atoms with Crippen molar-refractivity contribution in [3.8, 4) is 0 Å². The van der Waals surface area contributed by atoms with Gasteiger partial charge in [-0.15, -0.1) is 0 Å². The minimum absolute atomic E-state index is 0.132. The van der Waals surface area contributed by atoms with Crippen LogP contribution in [0.4, 0.5) is 0 Å². The standard InChI is InChI=1S/C7H15NO4/c1-2-6(11)8-3-7(12,4-9)5-10/h9-10,12H,2-5H2,1H3,(H,8,11). The van der Waals surface area contributed by atoms with E-state index >= 15 is 0 Å². The molecule has 1 amide bonds. The molecule has 0 atom stereocenters. The zero-order valence-corrected chi connectivity index (χ0v) is 7.08. The van der Waals surface area contributed by atoms with Gasteiger partial charge < -0.3 is 20.6 Å². The average Bonchev–Trinajstić information content (AvgIpc) is 2.13. The van der Waals surface area contributed by atoms with Gasteiger partial charge in [0.25, 0.3) is 0 Å². The number of aliphatic hydroxyl groups excluding tert-OH is 2. The van der Waals surface area contributed by atoms with Gasteiger partial charge in [0.15, 0.2) is 0 Å². The lowest BCUT2D eigenvalue weighted by molar-refractivity contribution is -0.123. The fourth-order valence-corrected chi connectivity index (χ4v) is 0.550. The van der Waals surface area contributed by atoms with Crippen molar-refractivity contribution in [2.45, 2.75) is 18.9 Å². The van der Waals surface area contributed by atoms with Crippen LogP contribution in [0, 0.1) is 0 Å². The van der Waals surface area contributed by atoms with Crippen LogP contribution in [-0.2, 0) is 4.79 Å². The van der Waals surface area contributed by atoms with Gasteiger partial charge in [0.05, 0.1) is 19.8 Å². The van der Waals surface area contributed by atoms with Gasteiger partial charge in [-0.1, -0.05) is 6.92 Å². The topological polar surface area (TPSA) is 89.8 Å². The Morgan fingerprint density at radius 1 is 1.42 bits per heavy atom. The number of nitrogens with one attached hydrogen (secondary N) is 1. The minimum Gasteiger partial charge on any atom is -0.393 e. The van der Waals surface area contributed by atoms with Crippen LogP contribution in [0.25, 0.3) is 0 Å². The normalized spacial score (nSPS) is 11.3. The first-order valence-corrected chi connectivity index (χ1v) is 3.79. The van der Waals surface area contributed by atoms with E-state index in [-0.39, 0.29) is 12.5 Å². The molecule has 0 aromatic carbocycles. The van der Waals surface area contributed by atoms with Gasteiger partial charge >= 0.3 is 0 Å². The fraction of sp³-hybridized carbons (Fsp3) is 0.857. The minimum atomic E-state index is -1.61. The molecule has 72 valence electrons. The molecule has 0 bridgehead atoms. The van der Waals surface area contributed by atoms with Crippen LogP contribution in [0.2, 0.25) is 0 Å². The SMILES string of the molecule is CCC(=O)NCC(O)(CO)CO. The molecule has 5 heteroatoms. The van der Waals surface area contributed by atoms with Crippen molar-refractivity contribution in [2.24, 2.45) is 0 Å². The van der Waals surface area contributed by atoms with Crippen molar-refractivity contribution in [1.82, 2.24) is 5.32 Å². The highest BCUT2D eigenvalue weighted by molar-refractivity contribution is 5.75. The van der Waals surface area contributed by atoms with Crippen LogP contribution in [0.1, 0.15) is 13.3 Å². The van der Waals surface area contributed by atoms with Crippen molar-refractivity contribution in [3.05, 3.63) is 0 Å². The highest BCUT2D eigenvalue weighted by Gasteiger charge is 2.25. The van der Waals surface area contributed by atoms with E-state index in [0.29, 0.717) is 6.42 Å². The Morgan fingerprint density at radius 3 is 2.25 bits per heavy atom. The second-order valence-electron chi connectivity index (χ2n) is 2.67. The Balaban J connectivity index is 3.80. The van der Waals surface area contributed by atoms with E-state index < -0.39 is 18.8 Å². The van der Waals surface area contributed by atoms with Crippen molar-refractivity contribution in [3.63, 3.8) is 0 Å². The molecule has 0 unspecified atom stereocenters. The summed E-state index contributed by atoms with van der Waals surface area (Å²) in [5.74, 6) is -0.227. The number of aliphatic hydroxyl groups is 3. The van der Waals surface area contributed by atoms with Crippen LogP contribution < -0.4 is 5.32 Å². The summed E-state index contributed by atoms with van der Waals surface area (Å²) in [5.41, 5.74) is -1.61. The highest BCUT2D eigenvalue weighted by Crippen LogP contribution is 1.99. The largest absolute Gasteiger partial charge is 0.393 e. The summed E-state index contributed by atoms with van der Waals surface area (Å²) in [6, 6.07) is 0. The Morgan fingerprint density at radius 2 is 1.92 bits per heavy atom. The molecule has 0 aromatic rings. The maximum atomic E-state index is 10.7. The molecule has 4 N–H and O–H groups in total. The van der Waals surface area contributed by atoms with Crippen molar-refractivity contribution in [1.29, 1.82) is 0 Å². The van der Waals surface area contributed by atoms with Gasteiger partial charge in [0.2, 0.25) is 5.91 Å². The Kier molecular flexibility index (Phi) is 4.80. The van der Waals surface area contributed by atoms with E-state index in [0.717, 1.165) is 0 Å². The van der Waals surface area contributed by atoms with E-state index in [1.54, 1.807) is 6.92 Å². The van der Waals surface area contributed by atoms with Gasteiger partial charge in [-0.3, -0.25) is 4.79 Å². The van der Waals surface area contributed by atoms with Gasteiger partial charge in [-0.2, -0.15) is 0 Å². The predicted octanol–water partition coefficient (Wildman–Crippen LogP) is -1.77. The zero-order chi connectivity index (χ0) is 9.61. The Hall–Kier alpha value is -0.650. The quantitative estimate of drug-likeness (QED) is 0.400. The van der Waals surface area contributed by atoms with Gasteiger partial charge in [0.1, 0.15) is 5.60 Å². The summed E-state index contributed by atoms with van der Waals surface area (Å²) in [4.78, 5) is 10.7. The molecule has 0 rings (SSSR count). The summed E-state index contributed by atoms with van der Waals surface area (Å²) in [6.07, 6.45) is 0.312. The smallest absolute Gasteiger partial charge is 0.219 e. The third-order valence-electron chi connectivity index (χ3n) is 1.52. The first-order valence-electron chi connectivity index (χ1n) is 3.79. The first kappa shape index (κ1) is 11.4. The van der Waals surface area contributed by atoms with Gasteiger partial charge in [-0.25, -0.2) is 0 Å². The maximum Gasteiger partial charge on any atom is 0.219 e. The lowest BCUT2D eigenvalue weighted by Crippen LogP contribution is -2.48. The molecule has 0 fully saturated rings. The summed E-state index contributed by atoms with van der Waals surface area (Å²) in [6.45, 7) is 0.389. The number of carbonyl (C=O) groups excluding carboxylic acids is 1. The summed E-state index contributed by atoms with van der Waals surface area (Å²) in [5, 5.41) is 28.8. The van der Waals surface area contributed by atoms with Crippen molar-refractivity contribution in [2.75, 3.05) is 19.8 Å². The number of rotatable bonds is 5. The van der Waals surface area contributed by atoms with Crippen molar-refractivity contribution >= 4 is 5.91 Å². The summed E-state index contributed by atoms with van der Waals surface area (Å²) in [7, 11) is 0. The Labute approximate surface area is 71.0 Å². The molecule has 0 aromatic heterocycles. The van der Waals surface area contributed by atoms with Crippen LogP contribution in [-0.4, -0.2) is 46.6 Å². The molecule has 5 nitrogen and oxygen atoms in total. The molecule has 0 aliphatic heterocycles. The molecule has 12 heavy (non-hydrogen) atoms. The van der Waals surface area contributed by atoms with Crippen LogP contribution in [0.15, 0.2) is 0 Å². The summed E-state index contributed by atoms with van der Waals surface area (Å²) >= 11 is 0. The highest BCUT2D eigenvalue weighted by atomic mass is 16.4. The Bertz CT molecular complexity index is 144. The van der Waals surface area contributed by atoms with E-state index in [4.69, 9.17) is 10.2 Å². The monoisotopic (exact) mass is 177 g/mol. The third kappa shape index (κ3) is 3.66. The zero-order valence-electron chi connectivity index (χ0n) is 7.08. The van der Waals surface area contributed by atoms with Gasteiger partial charge in [0, 0.05) is 6.42 Å². The number of carbonyl (C=O) groups is 1. The second-order valence-corrected chi connectivity index (χ2v) is 2.67. The lowest BCUT2D eigenvalue weighted by atomic mass is 10.1. The summed E-state index contributed by atoms with van der Waals surface area (Å²) < 4.78 is 0. The fourth-order valence-electron chi connectivity index (χ4n) is 0.550. The molecule has 0 saturated carbocycles. The molecule has 0 radical (unpaired) electrons. The molecule has 0 saturated heterocycles. The first-order chi connectivity index (χ1) is 5.58. The molecular weight excluding hydrogens is 162 g/mol. The maximum absolute atomic E-state index is 10.7. The van der Waals surface area contributed by atoms with Crippen molar-refractivity contribution < 1.29 is 20.1 Å². The number of amides is 1. The van der Waals surface area contributed by atoms with Crippen LogP contribution in [0.3, 0.4) is 0 Å². The van der Waals surface area contributed by atoms with Gasteiger partial charge in [-0.05, 0) is 0 Å². The average molecular weight is 177 g/mol. The van der Waals surface area contributed by atoms with Crippen LogP contribution in [0.5, 0.6) is 0 Å². The third-order valence-corrected chi connectivity index (χ3v) is 1.52. The lowest BCUT2D eigenvalue weighted by Gasteiger charge is -2.23. The molecule has 0 aliphatic rings.